The van der Waals surface area contributed by atoms with Crippen molar-refractivity contribution < 1.29 is 14.3 Å². The lowest BCUT2D eigenvalue weighted by atomic mass is 10.2. The van der Waals surface area contributed by atoms with Crippen molar-refractivity contribution in [3.63, 3.8) is 0 Å². The third kappa shape index (κ3) is 4.07. The lowest BCUT2D eigenvalue weighted by Crippen LogP contribution is -2.30. The number of ether oxygens (including phenoxy) is 1. The van der Waals surface area contributed by atoms with Gasteiger partial charge in [-0.05, 0) is 45.0 Å². The molecule has 0 saturated heterocycles. The van der Waals surface area contributed by atoms with Gasteiger partial charge in [-0.3, -0.25) is 4.79 Å². The van der Waals surface area contributed by atoms with Crippen molar-refractivity contribution in [1.82, 2.24) is 9.78 Å². The fourth-order valence-electron chi connectivity index (χ4n) is 2.83. The molecule has 0 bridgehead atoms. The summed E-state index contributed by atoms with van der Waals surface area (Å²) in [5.74, 6) is -1.06. The van der Waals surface area contributed by atoms with Crippen LogP contribution < -0.4 is 5.32 Å². The van der Waals surface area contributed by atoms with E-state index >= 15 is 0 Å². The second kappa shape index (κ2) is 8.27. The first-order valence-corrected chi connectivity index (χ1v) is 9.14. The Labute approximate surface area is 168 Å². The Balaban J connectivity index is 1.75. The topological polar surface area (TPSA) is 73.2 Å². The van der Waals surface area contributed by atoms with Crippen LogP contribution in [0.5, 0.6) is 0 Å². The van der Waals surface area contributed by atoms with E-state index in [4.69, 9.17) is 16.3 Å². The van der Waals surface area contributed by atoms with Gasteiger partial charge in [0, 0.05) is 0 Å². The van der Waals surface area contributed by atoms with Crippen LogP contribution >= 0.6 is 11.6 Å². The van der Waals surface area contributed by atoms with E-state index in [-0.39, 0.29) is 0 Å². The number of aryl methyl sites for hydroxylation is 1. The smallest absolute Gasteiger partial charge is 0.342 e. The van der Waals surface area contributed by atoms with Crippen LogP contribution in [-0.2, 0) is 9.53 Å². The SMILES string of the molecule is Cc1nn(-c2ccccc2)c(C)c1C(=O)O[C@@H](C)C(=O)Nc1ccccc1Cl. The molecule has 28 heavy (non-hydrogen) atoms. The minimum Gasteiger partial charge on any atom is -0.449 e. The third-order valence-electron chi connectivity index (χ3n) is 4.28. The highest BCUT2D eigenvalue weighted by molar-refractivity contribution is 6.33. The molecule has 0 unspecified atom stereocenters. The monoisotopic (exact) mass is 397 g/mol. The summed E-state index contributed by atoms with van der Waals surface area (Å²) in [6.45, 7) is 5.03. The summed E-state index contributed by atoms with van der Waals surface area (Å²) in [6, 6.07) is 16.3. The van der Waals surface area contributed by atoms with E-state index in [0.29, 0.717) is 27.7 Å². The van der Waals surface area contributed by atoms with Crippen molar-refractivity contribution in [3.05, 3.63) is 76.6 Å². The number of rotatable bonds is 5. The first-order chi connectivity index (χ1) is 13.4. The molecule has 0 fully saturated rings. The first kappa shape index (κ1) is 19.6. The van der Waals surface area contributed by atoms with E-state index in [0.717, 1.165) is 5.69 Å². The fourth-order valence-corrected chi connectivity index (χ4v) is 3.01. The number of halogens is 1. The Morgan fingerprint density at radius 2 is 1.71 bits per heavy atom. The molecule has 3 aromatic rings. The van der Waals surface area contributed by atoms with Gasteiger partial charge < -0.3 is 10.1 Å². The summed E-state index contributed by atoms with van der Waals surface area (Å²) in [7, 11) is 0. The van der Waals surface area contributed by atoms with Crippen molar-refractivity contribution in [2.75, 3.05) is 5.32 Å². The number of anilines is 1. The highest BCUT2D eigenvalue weighted by Crippen LogP contribution is 2.22. The van der Waals surface area contributed by atoms with Crippen molar-refractivity contribution in [3.8, 4) is 5.69 Å². The summed E-state index contributed by atoms with van der Waals surface area (Å²) in [4.78, 5) is 25.0. The number of para-hydroxylation sites is 2. The summed E-state index contributed by atoms with van der Waals surface area (Å²) >= 11 is 6.04. The average Bonchev–Trinajstić information content (AvgIpc) is 2.98. The molecule has 1 N–H and O–H groups in total. The standard InChI is InChI=1S/C21H20ClN3O3/c1-13-19(14(2)25(24-13)16-9-5-4-6-10-16)21(27)28-15(3)20(26)23-18-12-8-7-11-17(18)22/h4-12,15H,1-3H3,(H,23,26)/t15-/m0/s1. The molecular weight excluding hydrogens is 378 g/mol. The number of carbonyl (C=O) groups is 2. The van der Waals surface area contributed by atoms with Crippen LogP contribution in [0.15, 0.2) is 54.6 Å². The van der Waals surface area contributed by atoms with Crippen LogP contribution in [0, 0.1) is 13.8 Å². The molecule has 1 aromatic heterocycles. The van der Waals surface area contributed by atoms with Gasteiger partial charge >= 0.3 is 5.97 Å². The molecule has 3 rings (SSSR count). The van der Waals surface area contributed by atoms with Crippen LogP contribution in [0.1, 0.15) is 28.7 Å². The molecule has 0 spiro atoms. The van der Waals surface area contributed by atoms with Crippen LogP contribution in [0.3, 0.4) is 0 Å². The summed E-state index contributed by atoms with van der Waals surface area (Å²) in [5.41, 5.74) is 2.83. The minimum absolute atomic E-state index is 0.348. The van der Waals surface area contributed by atoms with Crippen molar-refractivity contribution in [2.24, 2.45) is 0 Å². The number of benzene rings is 2. The molecule has 0 aliphatic rings. The number of nitrogens with one attached hydrogen (secondary N) is 1. The molecule has 144 valence electrons. The highest BCUT2D eigenvalue weighted by atomic mass is 35.5. The maximum absolute atomic E-state index is 12.7. The van der Waals surface area contributed by atoms with Gasteiger partial charge in [-0.1, -0.05) is 41.9 Å². The molecule has 7 heteroatoms. The van der Waals surface area contributed by atoms with Crippen molar-refractivity contribution >= 4 is 29.2 Å². The average molecular weight is 398 g/mol. The summed E-state index contributed by atoms with van der Waals surface area (Å²) in [6.07, 6.45) is -0.998. The molecule has 0 saturated carbocycles. The van der Waals surface area contributed by atoms with Gasteiger partial charge in [0.15, 0.2) is 6.10 Å². The number of hydrogen-bond donors (Lipinski definition) is 1. The summed E-state index contributed by atoms with van der Waals surface area (Å²) in [5, 5.41) is 7.50. The number of amides is 1. The van der Waals surface area contributed by atoms with Gasteiger partial charge in [0.1, 0.15) is 5.56 Å². The van der Waals surface area contributed by atoms with Crippen LogP contribution in [0.25, 0.3) is 5.69 Å². The minimum atomic E-state index is -0.998. The zero-order chi connectivity index (χ0) is 20.3. The molecule has 6 nitrogen and oxygen atoms in total. The molecular formula is C21H20ClN3O3. The van der Waals surface area contributed by atoms with Gasteiger partial charge in [-0.25, -0.2) is 9.48 Å². The van der Waals surface area contributed by atoms with Gasteiger partial charge in [-0.15, -0.1) is 0 Å². The number of nitrogens with zero attached hydrogens (tertiary/aromatic N) is 2. The maximum Gasteiger partial charge on any atom is 0.342 e. The van der Waals surface area contributed by atoms with Crippen LogP contribution in [-0.4, -0.2) is 27.8 Å². The van der Waals surface area contributed by atoms with E-state index in [1.54, 1.807) is 42.8 Å². The highest BCUT2D eigenvalue weighted by Gasteiger charge is 2.25. The molecule has 0 aliphatic carbocycles. The zero-order valence-electron chi connectivity index (χ0n) is 15.8. The molecule has 0 radical (unpaired) electrons. The Hall–Kier alpha value is -3.12. The molecule has 1 amide bonds. The number of hydrogen-bond acceptors (Lipinski definition) is 4. The van der Waals surface area contributed by atoms with E-state index in [9.17, 15) is 9.59 Å². The Morgan fingerprint density at radius 3 is 2.39 bits per heavy atom. The first-order valence-electron chi connectivity index (χ1n) is 8.76. The van der Waals surface area contributed by atoms with E-state index in [1.165, 1.54) is 6.92 Å². The Kier molecular flexibility index (Phi) is 5.80. The van der Waals surface area contributed by atoms with Gasteiger partial charge in [0.05, 0.1) is 27.8 Å². The van der Waals surface area contributed by atoms with E-state index in [2.05, 4.69) is 10.4 Å². The van der Waals surface area contributed by atoms with E-state index < -0.39 is 18.0 Å². The predicted molar refractivity (Wildman–Crippen MR) is 108 cm³/mol. The largest absolute Gasteiger partial charge is 0.449 e. The fraction of sp³-hybridized carbons (Fsp3) is 0.190. The van der Waals surface area contributed by atoms with E-state index in [1.807, 2.05) is 30.3 Å². The van der Waals surface area contributed by atoms with Crippen LogP contribution in [0.2, 0.25) is 5.02 Å². The van der Waals surface area contributed by atoms with Gasteiger partial charge in [0.25, 0.3) is 5.91 Å². The number of carbonyl (C=O) groups excluding carboxylic acids is 2. The lowest BCUT2D eigenvalue weighted by Gasteiger charge is -2.14. The predicted octanol–water partition coefficient (Wildman–Crippen LogP) is 4.33. The van der Waals surface area contributed by atoms with Gasteiger partial charge in [0.2, 0.25) is 0 Å². The number of esters is 1. The lowest BCUT2D eigenvalue weighted by molar-refractivity contribution is -0.123. The normalized spacial score (nSPS) is 11.7. The molecule has 1 heterocycles. The third-order valence-corrected chi connectivity index (χ3v) is 4.61. The van der Waals surface area contributed by atoms with Crippen LogP contribution in [0.4, 0.5) is 5.69 Å². The van der Waals surface area contributed by atoms with Gasteiger partial charge in [-0.2, -0.15) is 5.10 Å². The second-order valence-electron chi connectivity index (χ2n) is 6.31. The number of aromatic nitrogens is 2. The quantitative estimate of drug-likeness (QED) is 0.650. The second-order valence-corrected chi connectivity index (χ2v) is 6.72. The summed E-state index contributed by atoms with van der Waals surface area (Å²) < 4.78 is 7.05. The van der Waals surface area contributed by atoms with Crippen molar-refractivity contribution in [2.45, 2.75) is 26.9 Å². The molecule has 1 atom stereocenters. The Bertz CT molecular complexity index is 1010. The molecule has 0 aliphatic heterocycles. The molecule has 2 aromatic carbocycles. The zero-order valence-corrected chi connectivity index (χ0v) is 16.5. The van der Waals surface area contributed by atoms with Crippen molar-refractivity contribution in [1.29, 1.82) is 0 Å². The maximum atomic E-state index is 12.7. The Morgan fingerprint density at radius 1 is 1.07 bits per heavy atom.